The van der Waals surface area contributed by atoms with E-state index >= 15 is 0 Å². The van der Waals surface area contributed by atoms with Crippen molar-refractivity contribution in [3.63, 3.8) is 0 Å². The van der Waals surface area contributed by atoms with Crippen LogP contribution in [0.3, 0.4) is 0 Å². The molecule has 88 valence electrons. The Morgan fingerprint density at radius 2 is 2.13 bits per heavy atom. The van der Waals surface area contributed by atoms with Gasteiger partial charge in [-0.1, -0.05) is 6.92 Å². The van der Waals surface area contributed by atoms with E-state index in [1.165, 1.54) is 19.4 Å². The second-order valence-electron chi connectivity index (χ2n) is 5.39. The summed E-state index contributed by atoms with van der Waals surface area (Å²) < 4.78 is 0. The zero-order valence-corrected chi connectivity index (χ0v) is 9.73. The third kappa shape index (κ3) is 3.16. The minimum atomic E-state index is -0.155. The van der Waals surface area contributed by atoms with Crippen LogP contribution in [0.4, 0.5) is 0 Å². The molecular weight excluding hydrogens is 188 g/mol. The molecular formula is C12H24N2O. The van der Waals surface area contributed by atoms with Crippen LogP contribution in [0.2, 0.25) is 0 Å². The highest BCUT2D eigenvalue weighted by Gasteiger charge is 2.32. The molecule has 1 aliphatic heterocycles. The lowest BCUT2D eigenvalue weighted by molar-refractivity contribution is 0.0400. The predicted octanol–water partition coefficient (Wildman–Crippen LogP) is 0.816. The first kappa shape index (κ1) is 11.4. The highest BCUT2D eigenvalue weighted by Crippen LogP contribution is 2.31. The van der Waals surface area contributed by atoms with Gasteiger partial charge in [-0.25, -0.2) is 0 Å². The quantitative estimate of drug-likeness (QED) is 0.725. The first-order chi connectivity index (χ1) is 7.19. The lowest BCUT2D eigenvalue weighted by Gasteiger charge is -2.38. The van der Waals surface area contributed by atoms with E-state index in [2.05, 4.69) is 11.8 Å². The maximum absolute atomic E-state index is 9.89. The van der Waals surface area contributed by atoms with Crippen LogP contribution < -0.4 is 5.73 Å². The van der Waals surface area contributed by atoms with Gasteiger partial charge < -0.3 is 15.7 Å². The van der Waals surface area contributed by atoms with Crippen molar-refractivity contribution in [3.05, 3.63) is 0 Å². The van der Waals surface area contributed by atoms with Gasteiger partial charge in [-0.3, -0.25) is 0 Å². The summed E-state index contributed by atoms with van der Waals surface area (Å²) in [5.41, 5.74) is 6.05. The fraction of sp³-hybridized carbons (Fsp3) is 1.00. The predicted molar refractivity (Wildman–Crippen MR) is 61.5 cm³/mol. The van der Waals surface area contributed by atoms with Crippen LogP contribution in [0.25, 0.3) is 0 Å². The summed E-state index contributed by atoms with van der Waals surface area (Å²) in [5.74, 6) is 1.33. The van der Waals surface area contributed by atoms with Gasteiger partial charge in [0.25, 0.3) is 0 Å². The van der Waals surface area contributed by atoms with E-state index in [0.717, 1.165) is 31.8 Å². The average molecular weight is 212 g/mol. The van der Waals surface area contributed by atoms with Crippen molar-refractivity contribution in [2.24, 2.45) is 17.6 Å². The zero-order valence-electron chi connectivity index (χ0n) is 9.73. The van der Waals surface area contributed by atoms with Crippen LogP contribution in [-0.4, -0.2) is 41.8 Å². The smallest absolute Gasteiger partial charge is 0.0578 e. The minimum absolute atomic E-state index is 0.155. The lowest BCUT2D eigenvalue weighted by atomic mass is 9.88. The van der Waals surface area contributed by atoms with Gasteiger partial charge in [-0.05, 0) is 37.5 Å². The minimum Gasteiger partial charge on any atom is -0.393 e. The largest absolute Gasteiger partial charge is 0.393 e. The Hall–Kier alpha value is -0.120. The molecule has 2 fully saturated rings. The summed E-state index contributed by atoms with van der Waals surface area (Å²) in [4.78, 5) is 2.47. The summed E-state index contributed by atoms with van der Waals surface area (Å²) in [6.07, 6.45) is 4.49. The van der Waals surface area contributed by atoms with Crippen LogP contribution in [0.1, 0.15) is 32.6 Å². The Bertz CT molecular complexity index is 204. The number of piperidine rings is 1. The molecule has 0 aromatic carbocycles. The number of aliphatic hydroxyl groups is 1. The third-order valence-electron chi connectivity index (χ3n) is 3.77. The highest BCUT2D eigenvalue weighted by molar-refractivity contribution is 4.87. The molecule has 3 atom stereocenters. The number of hydrogen-bond donors (Lipinski definition) is 2. The fourth-order valence-corrected chi connectivity index (χ4v) is 2.70. The Kier molecular flexibility index (Phi) is 3.65. The van der Waals surface area contributed by atoms with Crippen LogP contribution in [0.5, 0.6) is 0 Å². The molecule has 0 spiro atoms. The average Bonchev–Trinajstić information content (AvgIpc) is 2.99. The molecule has 1 heterocycles. The van der Waals surface area contributed by atoms with Crippen LogP contribution >= 0.6 is 0 Å². The van der Waals surface area contributed by atoms with Crippen LogP contribution in [-0.2, 0) is 0 Å². The van der Waals surface area contributed by atoms with Crippen molar-refractivity contribution in [1.29, 1.82) is 0 Å². The topological polar surface area (TPSA) is 49.5 Å². The molecule has 1 saturated heterocycles. The van der Waals surface area contributed by atoms with Gasteiger partial charge in [0.1, 0.15) is 0 Å². The summed E-state index contributed by atoms with van der Waals surface area (Å²) in [6.45, 7) is 5.35. The number of rotatable bonds is 4. The van der Waals surface area contributed by atoms with Gasteiger partial charge in [-0.2, -0.15) is 0 Å². The number of aliphatic hydroxyl groups excluding tert-OH is 1. The van der Waals surface area contributed by atoms with Crippen molar-refractivity contribution in [2.75, 3.05) is 19.6 Å². The molecule has 1 saturated carbocycles. The van der Waals surface area contributed by atoms with E-state index in [4.69, 9.17) is 5.73 Å². The molecule has 0 amide bonds. The standard InChI is InChI=1S/C12H24N2O/c1-2-12(15)10-5-11(13)8-14(7-10)6-9-3-4-9/h9-12,15H,2-8,13H2,1H3. The Balaban J connectivity index is 1.84. The summed E-state index contributed by atoms with van der Waals surface area (Å²) in [7, 11) is 0. The number of hydrogen-bond acceptors (Lipinski definition) is 3. The normalized spacial score (nSPS) is 35.4. The van der Waals surface area contributed by atoms with Gasteiger partial charge in [-0.15, -0.1) is 0 Å². The van der Waals surface area contributed by atoms with Gasteiger partial charge >= 0.3 is 0 Å². The molecule has 0 aromatic rings. The maximum Gasteiger partial charge on any atom is 0.0578 e. The van der Waals surface area contributed by atoms with Crippen molar-refractivity contribution < 1.29 is 5.11 Å². The Morgan fingerprint density at radius 1 is 1.40 bits per heavy atom. The molecule has 3 unspecified atom stereocenters. The summed E-state index contributed by atoms with van der Waals surface area (Å²) in [6, 6.07) is 0.267. The second kappa shape index (κ2) is 4.81. The van der Waals surface area contributed by atoms with Crippen molar-refractivity contribution in [3.8, 4) is 0 Å². The fourth-order valence-electron chi connectivity index (χ4n) is 2.70. The molecule has 15 heavy (non-hydrogen) atoms. The zero-order chi connectivity index (χ0) is 10.8. The molecule has 3 heteroatoms. The summed E-state index contributed by atoms with van der Waals surface area (Å²) in [5, 5.41) is 9.89. The van der Waals surface area contributed by atoms with E-state index < -0.39 is 0 Å². The van der Waals surface area contributed by atoms with E-state index in [-0.39, 0.29) is 12.1 Å². The number of nitrogens with zero attached hydrogens (tertiary/aromatic N) is 1. The third-order valence-corrected chi connectivity index (χ3v) is 3.77. The van der Waals surface area contributed by atoms with E-state index in [9.17, 15) is 5.11 Å². The number of likely N-dealkylation sites (tertiary alicyclic amines) is 1. The maximum atomic E-state index is 9.89. The monoisotopic (exact) mass is 212 g/mol. The van der Waals surface area contributed by atoms with E-state index in [1.54, 1.807) is 0 Å². The first-order valence-electron chi connectivity index (χ1n) is 6.35. The van der Waals surface area contributed by atoms with Gasteiger partial charge in [0.05, 0.1) is 6.10 Å². The molecule has 0 radical (unpaired) electrons. The molecule has 1 aliphatic carbocycles. The van der Waals surface area contributed by atoms with Gasteiger partial charge in [0.2, 0.25) is 0 Å². The molecule has 2 aliphatic rings. The lowest BCUT2D eigenvalue weighted by Crippen LogP contribution is -2.50. The molecule has 0 aromatic heterocycles. The SMILES string of the molecule is CCC(O)C1CC(N)CN(CC2CC2)C1. The van der Waals surface area contributed by atoms with Gasteiger partial charge in [0.15, 0.2) is 0 Å². The highest BCUT2D eigenvalue weighted by atomic mass is 16.3. The Morgan fingerprint density at radius 3 is 2.73 bits per heavy atom. The number of nitrogens with two attached hydrogens (primary N) is 1. The van der Waals surface area contributed by atoms with Crippen molar-refractivity contribution >= 4 is 0 Å². The van der Waals surface area contributed by atoms with E-state index in [0.29, 0.717) is 5.92 Å². The second-order valence-corrected chi connectivity index (χ2v) is 5.39. The van der Waals surface area contributed by atoms with E-state index in [1.807, 2.05) is 0 Å². The molecule has 3 nitrogen and oxygen atoms in total. The molecule has 2 rings (SSSR count). The molecule has 0 bridgehead atoms. The van der Waals surface area contributed by atoms with Gasteiger partial charge in [0, 0.05) is 25.7 Å². The first-order valence-corrected chi connectivity index (χ1v) is 6.35. The Labute approximate surface area is 92.6 Å². The van der Waals surface area contributed by atoms with Crippen molar-refractivity contribution in [2.45, 2.75) is 44.8 Å². The van der Waals surface area contributed by atoms with Crippen molar-refractivity contribution in [1.82, 2.24) is 4.90 Å². The van der Waals surface area contributed by atoms with Crippen LogP contribution in [0.15, 0.2) is 0 Å². The molecule has 3 N–H and O–H groups in total. The summed E-state index contributed by atoms with van der Waals surface area (Å²) >= 11 is 0. The van der Waals surface area contributed by atoms with Crippen LogP contribution in [0, 0.1) is 11.8 Å².